The zero-order valence-corrected chi connectivity index (χ0v) is 13.4. The predicted octanol–water partition coefficient (Wildman–Crippen LogP) is 1.12. The lowest BCUT2D eigenvalue weighted by Crippen LogP contribution is -2.41. The van der Waals surface area contributed by atoms with Crippen LogP contribution in [-0.2, 0) is 4.79 Å². The number of β-amino-alcohol motifs (C(OH)–C–C–N with tert-alkyl or cyclic N) is 1. The van der Waals surface area contributed by atoms with Gasteiger partial charge in [0.05, 0.1) is 11.6 Å². The first-order valence-electron chi connectivity index (χ1n) is 8.04. The van der Waals surface area contributed by atoms with E-state index in [9.17, 15) is 9.90 Å². The molecule has 0 aliphatic carbocycles. The summed E-state index contributed by atoms with van der Waals surface area (Å²) in [6.45, 7) is 0.307. The summed E-state index contributed by atoms with van der Waals surface area (Å²) in [5.41, 5.74) is 7.08. The van der Waals surface area contributed by atoms with Gasteiger partial charge in [0.25, 0.3) is 0 Å². The summed E-state index contributed by atoms with van der Waals surface area (Å²) < 4.78 is 0. The number of fused-ring (bicyclic) bond motifs is 1. The average Bonchev–Trinajstić information content (AvgIpc) is 3.03. The molecule has 2 aromatic heterocycles. The molecule has 0 saturated carbocycles. The number of para-hydroxylation sites is 1. The Kier molecular flexibility index (Phi) is 3.77. The monoisotopic (exact) mass is 335 g/mol. The number of amides is 1. The summed E-state index contributed by atoms with van der Waals surface area (Å²) >= 11 is 0. The number of carbonyl (C=O) groups excluding carboxylic acids is 1. The molecule has 3 heterocycles. The van der Waals surface area contributed by atoms with E-state index in [-0.39, 0.29) is 0 Å². The number of benzene rings is 1. The summed E-state index contributed by atoms with van der Waals surface area (Å²) in [5, 5.41) is 10.9. The molecule has 3 aromatic rings. The van der Waals surface area contributed by atoms with E-state index in [2.05, 4.69) is 15.0 Å². The topological polar surface area (TPSA) is 105 Å². The Morgan fingerprint density at radius 1 is 1.20 bits per heavy atom. The smallest absolute Gasteiger partial charge is 0.240 e. The number of pyridine rings is 1. The molecule has 0 spiro atoms. The number of aliphatic hydroxyl groups excluding tert-OH is 1. The lowest BCUT2D eigenvalue weighted by molar-refractivity contribution is -0.119. The Bertz CT molecular complexity index is 931. The van der Waals surface area contributed by atoms with Gasteiger partial charge in [-0.2, -0.15) is 0 Å². The summed E-state index contributed by atoms with van der Waals surface area (Å²) in [6.07, 6.45) is 3.06. The first-order chi connectivity index (χ1) is 12.1. The number of primary amides is 1. The SMILES string of the molecule is NC(=O)[C@@H]1C[C@H](O)CN1c1nc(-c2cccnc2)nc2ccccc12. The molecule has 7 nitrogen and oxygen atoms in total. The molecule has 126 valence electrons. The first-order valence-corrected chi connectivity index (χ1v) is 8.04. The van der Waals surface area contributed by atoms with Crippen LogP contribution in [0, 0.1) is 0 Å². The van der Waals surface area contributed by atoms with Crippen LogP contribution in [0.4, 0.5) is 5.82 Å². The van der Waals surface area contributed by atoms with Crippen LogP contribution in [0.15, 0.2) is 48.8 Å². The van der Waals surface area contributed by atoms with Crippen LogP contribution in [0.1, 0.15) is 6.42 Å². The standard InChI is InChI=1S/C18H17N5O2/c19-16(25)15-8-12(24)10-23(15)18-13-5-1-2-6-14(13)21-17(22-18)11-4-3-7-20-9-11/h1-7,9,12,15,24H,8,10H2,(H2,19,25)/t12-,15-/m0/s1. The number of rotatable bonds is 3. The van der Waals surface area contributed by atoms with E-state index in [4.69, 9.17) is 5.73 Å². The van der Waals surface area contributed by atoms with Crippen molar-refractivity contribution in [3.05, 3.63) is 48.8 Å². The largest absolute Gasteiger partial charge is 0.391 e. The van der Waals surface area contributed by atoms with E-state index in [0.717, 1.165) is 16.5 Å². The van der Waals surface area contributed by atoms with E-state index in [1.54, 1.807) is 17.3 Å². The molecule has 1 saturated heterocycles. The molecule has 1 aromatic carbocycles. The van der Waals surface area contributed by atoms with Crippen LogP contribution in [-0.4, -0.2) is 44.7 Å². The molecule has 4 rings (SSSR count). The second kappa shape index (κ2) is 6.10. The lowest BCUT2D eigenvalue weighted by atomic mass is 10.1. The van der Waals surface area contributed by atoms with Crippen LogP contribution >= 0.6 is 0 Å². The van der Waals surface area contributed by atoms with E-state index in [0.29, 0.717) is 24.6 Å². The maximum absolute atomic E-state index is 11.8. The van der Waals surface area contributed by atoms with Crippen LogP contribution in [0.2, 0.25) is 0 Å². The summed E-state index contributed by atoms with van der Waals surface area (Å²) in [4.78, 5) is 27.0. The van der Waals surface area contributed by atoms with Gasteiger partial charge in [-0.05, 0) is 24.3 Å². The number of hydrogen-bond donors (Lipinski definition) is 2. The Labute approximate surface area is 144 Å². The lowest BCUT2D eigenvalue weighted by Gasteiger charge is -2.24. The van der Waals surface area contributed by atoms with Crippen molar-refractivity contribution in [3.63, 3.8) is 0 Å². The van der Waals surface area contributed by atoms with E-state index in [1.807, 2.05) is 36.4 Å². The highest BCUT2D eigenvalue weighted by Crippen LogP contribution is 2.32. The highest BCUT2D eigenvalue weighted by molar-refractivity contribution is 5.94. The molecule has 0 bridgehead atoms. The van der Waals surface area contributed by atoms with Gasteiger partial charge in [0.1, 0.15) is 11.9 Å². The molecular formula is C18H17N5O2. The van der Waals surface area contributed by atoms with Crippen LogP contribution in [0.3, 0.4) is 0 Å². The number of hydrogen-bond acceptors (Lipinski definition) is 6. The Balaban J connectivity index is 1.91. The first kappa shape index (κ1) is 15.5. The molecule has 1 aliphatic heterocycles. The Morgan fingerprint density at radius 2 is 2.04 bits per heavy atom. The highest BCUT2D eigenvalue weighted by Gasteiger charge is 2.36. The third kappa shape index (κ3) is 2.78. The fourth-order valence-electron chi connectivity index (χ4n) is 3.22. The normalized spacial score (nSPS) is 20.1. The number of carbonyl (C=O) groups is 1. The van der Waals surface area contributed by atoms with Crippen LogP contribution < -0.4 is 10.6 Å². The zero-order valence-electron chi connectivity index (χ0n) is 13.4. The van der Waals surface area contributed by atoms with Gasteiger partial charge in [-0.3, -0.25) is 9.78 Å². The minimum atomic E-state index is -0.618. The maximum Gasteiger partial charge on any atom is 0.240 e. The van der Waals surface area contributed by atoms with Crippen LogP contribution in [0.5, 0.6) is 0 Å². The number of nitrogens with zero attached hydrogens (tertiary/aromatic N) is 4. The van der Waals surface area contributed by atoms with Gasteiger partial charge in [-0.25, -0.2) is 9.97 Å². The molecule has 3 N–H and O–H groups in total. The minimum absolute atomic E-state index is 0.301. The van der Waals surface area contributed by atoms with Crippen molar-refractivity contribution in [1.29, 1.82) is 0 Å². The van der Waals surface area contributed by atoms with Gasteiger partial charge in [0.15, 0.2) is 5.82 Å². The van der Waals surface area contributed by atoms with Crippen molar-refractivity contribution in [1.82, 2.24) is 15.0 Å². The maximum atomic E-state index is 11.8. The van der Waals surface area contributed by atoms with Gasteiger partial charge >= 0.3 is 0 Å². The zero-order chi connectivity index (χ0) is 17.4. The average molecular weight is 335 g/mol. The Hall–Kier alpha value is -3.06. The number of nitrogens with two attached hydrogens (primary N) is 1. The molecule has 1 amide bonds. The number of aromatic nitrogens is 3. The van der Waals surface area contributed by atoms with Crippen LogP contribution in [0.25, 0.3) is 22.3 Å². The van der Waals surface area contributed by atoms with Gasteiger partial charge in [-0.1, -0.05) is 12.1 Å². The molecule has 2 atom stereocenters. The second-order valence-corrected chi connectivity index (χ2v) is 6.09. The van der Waals surface area contributed by atoms with Gasteiger partial charge < -0.3 is 15.7 Å². The highest BCUT2D eigenvalue weighted by atomic mass is 16.3. The summed E-state index contributed by atoms with van der Waals surface area (Å²) in [6, 6.07) is 10.7. The molecular weight excluding hydrogens is 318 g/mol. The van der Waals surface area contributed by atoms with Crippen molar-refractivity contribution in [2.45, 2.75) is 18.6 Å². The van der Waals surface area contributed by atoms with Gasteiger partial charge in [0, 0.05) is 36.3 Å². The summed E-state index contributed by atoms with van der Waals surface area (Å²) in [7, 11) is 0. The van der Waals surface area contributed by atoms with Gasteiger partial charge in [-0.15, -0.1) is 0 Å². The number of aliphatic hydroxyl groups is 1. The Morgan fingerprint density at radius 3 is 2.80 bits per heavy atom. The quantitative estimate of drug-likeness (QED) is 0.743. The molecule has 25 heavy (non-hydrogen) atoms. The predicted molar refractivity (Wildman–Crippen MR) is 93.7 cm³/mol. The van der Waals surface area contributed by atoms with Gasteiger partial charge in [0.2, 0.25) is 5.91 Å². The van der Waals surface area contributed by atoms with Crippen molar-refractivity contribution >= 4 is 22.6 Å². The van der Waals surface area contributed by atoms with E-state index >= 15 is 0 Å². The third-order valence-electron chi connectivity index (χ3n) is 4.38. The molecule has 1 aliphatic rings. The molecule has 7 heteroatoms. The minimum Gasteiger partial charge on any atom is -0.391 e. The molecule has 1 fully saturated rings. The molecule has 0 radical (unpaired) electrons. The molecule has 0 unspecified atom stereocenters. The fourth-order valence-corrected chi connectivity index (χ4v) is 3.22. The fraction of sp³-hybridized carbons (Fsp3) is 0.222. The van der Waals surface area contributed by atoms with Crippen molar-refractivity contribution in [2.75, 3.05) is 11.4 Å². The van der Waals surface area contributed by atoms with Crippen molar-refractivity contribution in [2.24, 2.45) is 5.73 Å². The second-order valence-electron chi connectivity index (χ2n) is 6.09. The third-order valence-corrected chi connectivity index (χ3v) is 4.38. The number of anilines is 1. The van der Waals surface area contributed by atoms with E-state index < -0.39 is 18.1 Å². The van der Waals surface area contributed by atoms with Crippen molar-refractivity contribution < 1.29 is 9.90 Å². The van der Waals surface area contributed by atoms with E-state index in [1.165, 1.54) is 0 Å². The van der Waals surface area contributed by atoms with Crippen molar-refractivity contribution in [3.8, 4) is 11.4 Å². The summed E-state index contributed by atoms with van der Waals surface area (Å²) in [5.74, 6) is 0.651.